The molecular weight excluding hydrogens is 356 g/mol. The molecule has 1 atom stereocenters. The third-order valence-electron chi connectivity index (χ3n) is 4.84. The molecule has 0 saturated carbocycles. The minimum Gasteiger partial charge on any atom is -0.497 e. The van der Waals surface area contributed by atoms with Crippen molar-refractivity contribution in [2.75, 3.05) is 38.3 Å². The van der Waals surface area contributed by atoms with E-state index in [9.17, 15) is 5.11 Å². The lowest BCUT2D eigenvalue weighted by Crippen LogP contribution is -2.45. The molecule has 28 heavy (non-hydrogen) atoms. The van der Waals surface area contributed by atoms with Gasteiger partial charge >= 0.3 is 0 Å². The van der Waals surface area contributed by atoms with Crippen molar-refractivity contribution >= 4 is 5.82 Å². The minimum atomic E-state index is -0.569. The Bertz CT molecular complexity index is 766. The first-order chi connectivity index (χ1) is 13.7. The second kappa shape index (κ2) is 9.93. The summed E-state index contributed by atoms with van der Waals surface area (Å²) in [4.78, 5) is 6.58. The lowest BCUT2D eigenvalue weighted by Gasteiger charge is -2.33. The molecule has 0 bridgehead atoms. The van der Waals surface area contributed by atoms with E-state index in [0.717, 1.165) is 37.5 Å². The Morgan fingerprint density at radius 2 is 1.93 bits per heavy atom. The fourth-order valence-electron chi connectivity index (χ4n) is 3.18. The van der Waals surface area contributed by atoms with E-state index in [4.69, 9.17) is 14.7 Å². The molecule has 7 heteroatoms. The van der Waals surface area contributed by atoms with Gasteiger partial charge in [-0.3, -0.25) is 0 Å². The van der Waals surface area contributed by atoms with Crippen LogP contribution in [-0.4, -0.2) is 55.6 Å². The van der Waals surface area contributed by atoms with Gasteiger partial charge in [0.05, 0.1) is 12.7 Å². The lowest BCUT2D eigenvalue weighted by atomic mass is 10.0. The van der Waals surface area contributed by atoms with Crippen LogP contribution in [0.25, 0.3) is 0 Å². The van der Waals surface area contributed by atoms with Crippen LogP contribution in [0.4, 0.5) is 5.82 Å². The van der Waals surface area contributed by atoms with Gasteiger partial charge in [0.1, 0.15) is 36.1 Å². The molecule has 1 aromatic carbocycles. The van der Waals surface area contributed by atoms with E-state index < -0.39 is 6.10 Å². The van der Waals surface area contributed by atoms with E-state index in [1.165, 1.54) is 0 Å². The number of nitrogens with zero attached hydrogens (tertiary/aromatic N) is 3. The van der Waals surface area contributed by atoms with Gasteiger partial charge in [0, 0.05) is 31.9 Å². The van der Waals surface area contributed by atoms with E-state index >= 15 is 0 Å². The van der Waals surface area contributed by atoms with Crippen LogP contribution in [0.3, 0.4) is 0 Å². The second-order valence-electron chi connectivity index (χ2n) is 6.83. The Balaban J connectivity index is 1.35. The van der Waals surface area contributed by atoms with Crippen molar-refractivity contribution in [3.8, 4) is 17.6 Å². The maximum atomic E-state index is 10.2. The van der Waals surface area contributed by atoms with Crippen molar-refractivity contribution in [2.45, 2.75) is 25.0 Å². The van der Waals surface area contributed by atoms with Crippen LogP contribution in [0.5, 0.6) is 11.5 Å². The summed E-state index contributed by atoms with van der Waals surface area (Å²) in [5.74, 6) is 2.39. The highest BCUT2D eigenvalue weighted by molar-refractivity contribution is 5.42. The molecule has 0 aliphatic carbocycles. The summed E-state index contributed by atoms with van der Waals surface area (Å²) in [5, 5.41) is 22.4. The average molecular weight is 382 g/mol. The van der Waals surface area contributed by atoms with Crippen LogP contribution in [0.1, 0.15) is 18.4 Å². The van der Waals surface area contributed by atoms with Crippen molar-refractivity contribution in [3.63, 3.8) is 0 Å². The first kappa shape index (κ1) is 19.9. The van der Waals surface area contributed by atoms with E-state index in [-0.39, 0.29) is 6.61 Å². The lowest BCUT2D eigenvalue weighted by molar-refractivity contribution is 0.102. The summed E-state index contributed by atoms with van der Waals surface area (Å²) in [5.41, 5.74) is 0.575. The molecule has 2 heterocycles. The number of piperidine rings is 1. The molecule has 3 rings (SSSR count). The standard InChI is InChI=1S/C21H26N4O3/c1-27-19-3-5-20(6-4-19)28-15-18(26)14-23-17-8-10-25(11-9-17)21-7-2-16(12-22)13-24-21/h2-7,13,17-18,23,26H,8-11,14-15H2,1H3/t18-/m0/s1. The number of hydrogen-bond acceptors (Lipinski definition) is 7. The number of benzene rings is 1. The normalized spacial score (nSPS) is 15.7. The molecule has 0 spiro atoms. The zero-order valence-corrected chi connectivity index (χ0v) is 16.0. The number of nitriles is 1. The first-order valence-electron chi connectivity index (χ1n) is 9.47. The Morgan fingerprint density at radius 3 is 2.54 bits per heavy atom. The molecule has 0 radical (unpaired) electrons. The van der Waals surface area contributed by atoms with Gasteiger partial charge in [-0.2, -0.15) is 5.26 Å². The van der Waals surface area contributed by atoms with Gasteiger partial charge in [-0.1, -0.05) is 0 Å². The smallest absolute Gasteiger partial charge is 0.128 e. The predicted octanol–water partition coefficient (Wildman–Crippen LogP) is 1.96. The molecule has 1 aromatic heterocycles. The SMILES string of the molecule is COc1ccc(OC[C@@H](O)CNC2CCN(c3ccc(C#N)cn3)CC2)cc1. The topological polar surface area (TPSA) is 90.6 Å². The van der Waals surface area contributed by atoms with Crippen LogP contribution < -0.4 is 19.7 Å². The summed E-state index contributed by atoms with van der Waals surface area (Å²) >= 11 is 0. The molecule has 0 unspecified atom stereocenters. The highest BCUT2D eigenvalue weighted by Crippen LogP contribution is 2.19. The number of methoxy groups -OCH3 is 1. The molecule has 2 aromatic rings. The average Bonchev–Trinajstić information content (AvgIpc) is 2.77. The summed E-state index contributed by atoms with van der Waals surface area (Å²) in [7, 11) is 1.62. The minimum absolute atomic E-state index is 0.243. The zero-order valence-electron chi connectivity index (χ0n) is 16.0. The van der Waals surface area contributed by atoms with E-state index in [1.54, 1.807) is 19.4 Å². The summed E-state index contributed by atoms with van der Waals surface area (Å²) in [6.45, 7) is 2.54. The Labute approximate surface area is 165 Å². The number of ether oxygens (including phenoxy) is 2. The third-order valence-corrected chi connectivity index (χ3v) is 4.84. The number of aliphatic hydroxyl groups excluding tert-OH is 1. The molecule has 2 N–H and O–H groups in total. The Hall–Kier alpha value is -2.82. The number of pyridine rings is 1. The quantitative estimate of drug-likeness (QED) is 0.721. The first-order valence-corrected chi connectivity index (χ1v) is 9.47. The Kier molecular flexibility index (Phi) is 7.06. The number of aromatic nitrogens is 1. The van der Waals surface area contributed by atoms with Gasteiger partial charge < -0.3 is 24.8 Å². The van der Waals surface area contributed by atoms with Crippen molar-refractivity contribution in [3.05, 3.63) is 48.2 Å². The number of hydrogen-bond donors (Lipinski definition) is 2. The summed E-state index contributed by atoms with van der Waals surface area (Å²) in [6.07, 6.45) is 3.00. The van der Waals surface area contributed by atoms with Crippen LogP contribution >= 0.6 is 0 Å². The van der Waals surface area contributed by atoms with Gasteiger partial charge in [0.2, 0.25) is 0 Å². The summed E-state index contributed by atoms with van der Waals surface area (Å²) < 4.78 is 10.7. The zero-order chi connectivity index (χ0) is 19.8. The third kappa shape index (κ3) is 5.59. The van der Waals surface area contributed by atoms with Gasteiger partial charge in [0.25, 0.3) is 0 Å². The van der Waals surface area contributed by atoms with Gasteiger partial charge in [-0.25, -0.2) is 4.98 Å². The molecule has 1 aliphatic heterocycles. The number of nitrogens with one attached hydrogen (secondary N) is 1. The van der Waals surface area contributed by atoms with Crippen molar-refractivity contribution in [1.82, 2.24) is 10.3 Å². The van der Waals surface area contributed by atoms with Crippen molar-refractivity contribution < 1.29 is 14.6 Å². The fourth-order valence-corrected chi connectivity index (χ4v) is 3.18. The van der Waals surface area contributed by atoms with Gasteiger partial charge in [-0.15, -0.1) is 0 Å². The monoisotopic (exact) mass is 382 g/mol. The molecule has 148 valence electrons. The van der Waals surface area contributed by atoms with Crippen LogP contribution in [-0.2, 0) is 0 Å². The second-order valence-corrected chi connectivity index (χ2v) is 6.83. The van der Waals surface area contributed by atoms with E-state index in [1.807, 2.05) is 30.3 Å². The van der Waals surface area contributed by atoms with E-state index in [2.05, 4.69) is 21.3 Å². The molecule has 1 fully saturated rings. The summed E-state index contributed by atoms with van der Waals surface area (Å²) in [6, 6.07) is 13.5. The van der Waals surface area contributed by atoms with Crippen molar-refractivity contribution in [2.24, 2.45) is 0 Å². The number of anilines is 1. The molecule has 1 saturated heterocycles. The molecule has 0 amide bonds. The van der Waals surface area contributed by atoms with Crippen LogP contribution in [0.2, 0.25) is 0 Å². The Morgan fingerprint density at radius 1 is 1.21 bits per heavy atom. The van der Waals surface area contributed by atoms with Gasteiger partial charge in [-0.05, 0) is 49.2 Å². The van der Waals surface area contributed by atoms with Gasteiger partial charge in [0.15, 0.2) is 0 Å². The predicted molar refractivity (Wildman–Crippen MR) is 107 cm³/mol. The molecule has 1 aliphatic rings. The molecular formula is C21H26N4O3. The maximum absolute atomic E-state index is 10.2. The molecule has 7 nitrogen and oxygen atoms in total. The fraction of sp³-hybridized carbons (Fsp3) is 0.429. The van der Waals surface area contributed by atoms with Crippen LogP contribution in [0, 0.1) is 11.3 Å². The van der Waals surface area contributed by atoms with Crippen LogP contribution in [0.15, 0.2) is 42.6 Å². The largest absolute Gasteiger partial charge is 0.497 e. The van der Waals surface area contributed by atoms with Crippen molar-refractivity contribution in [1.29, 1.82) is 5.26 Å². The highest BCUT2D eigenvalue weighted by atomic mass is 16.5. The van der Waals surface area contributed by atoms with E-state index in [0.29, 0.717) is 23.9 Å². The highest BCUT2D eigenvalue weighted by Gasteiger charge is 2.20. The number of rotatable bonds is 8. The maximum Gasteiger partial charge on any atom is 0.128 e. The number of aliphatic hydroxyl groups is 1.